The average Bonchev–Trinajstić information content (AvgIpc) is 2.75. The smallest absolute Gasteiger partial charge is 0.0462 e. The summed E-state index contributed by atoms with van der Waals surface area (Å²) in [5.74, 6) is 4.74. The first-order valence-corrected chi connectivity index (χ1v) is 5.51. The Morgan fingerprint density at radius 1 is 1.00 bits per heavy atom. The predicted octanol–water partition coefficient (Wildman–Crippen LogP) is 2.05. The summed E-state index contributed by atoms with van der Waals surface area (Å²) in [4.78, 5) is 0. The summed E-state index contributed by atoms with van der Waals surface area (Å²) >= 11 is 0. The van der Waals surface area contributed by atoms with Gasteiger partial charge in [0.2, 0.25) is 0 Å². The molecule has 0 aromatic heterocycles. The summed E-state index contributed by atoms with van der Waals surface area (Å²) in [7, 11) is 0. The molecule has 1 heteroatoms. The molecular weight excluding hydrogens is 148 g/mol. The van der Waals surface area contributed by atoms with Crippen LogP contribution in [0, 0.1) is 29.6 Å². The van der Waals surface area contributed by atoms with E-state index in [4.69, 9.17) is 0 Å². The van der Waals surface area contributed by atoms with Gasteiger partial charge in [0.25, 0.3) is 0 Å². The van der Waals surface area contributed by atoms with Gasteiger partial charge in [-0.2, -0.15) is 0 Å². The topological polar surface area (TPSA) is 20.2 Å². The van der Waals surface area contributed by atoms with Gasteiger partial charge in [0.15, 0.2) is 0 Å². The highest BCUT2D eigenvalue weighted by atomic mass is 16.3. The van der Waals surface area contributed by atoms with Crippen LogP contribution >= 0.6 is 0 Å². The van der Waals surface area contributed by atoms with Crippen LogP contribution in [0.4, 0.5) is 0 Å². The van der Waals surface area contributed by atoms with Gasteiger partial charge in [-0.15, -0.1) is 0 Å². The Bertz CT molecular complexity index is 187. The second-order valence-electron chi connectivity index (χ2n) is 5.10. The largest absolute Gasteiger partial charge is 0.396 e. The lowest BCUT2D eigenvalue weighted by molar-refractivity contribution is 0.121. The third kappa shape index (κ3) is 0.783. The lowest BCUT2D eigenvalue weighted by Crippen LogP contribution is -2.26. The predicted molar refractivity (Wildman–Crippen MR) is 47.6 cm³/mol. The van der Waals surface area contributed by atoms with Crippen molar-refractivity contribution in [2.75, 3.05) is 6.61 Å². The fourth-order valence-electron chi connectivity index (χ4n) is 4.42. The van der Waals surface area contributed by atoms with E-state index >= 15 is 0 Å². The molecule has 0 radical (unpaired) electrons. The molecule has 5 atom stereocenters. The van der Waals surface area contributed by atoms with Crippen LogP contribution in [-0.4, -0.2) is 11.7 Å². The maximum atomic E-state index is 9.21. The van der Waals surface area contributed by atoms with Crippen LogP contribution in [0.25, 0.3) is 0 Å². The molecule has 0 spiro atoms. The third-order valence-corrected chi connectivity index (χ3v) is 4.80. The van der Waals surface area contributed by atoms with E-state index in [1.165, 1.54) is 32.1 Å². The fourth-order valence-corrected chi connectivity index (χ4v) is 4.42. The molecule has 1 unspecified atom stereocenters. The highest BCUT2D eigenvalue weighted by Gasteiger charge is 2.53. The standard InChI is InChI=1S/C11H18O/c12-6-8-4-7-5-11(8)10-3-1-2-9(7)10/h7-12H,1-6H2/t7-,8-,9-,10?,11+/m0/s1. The number of aliphatic hydroxyl groups excluding tert-OH is 1. The van der Waals surface area contributed by atoms with Gasteiger partial charge < -0.3 is 5.11 Å². The van der Waals surface area contributed by atoms with Crippen molar-refractivity contribution in [1.29, 1.82) is 0 Å². The Morgan fingerprint density at radius 2 is 1.83 bits per heavy atom. The summed E-state index contributed by atoms with van der Waals surface area (Å²) in [5.41, 5.74) is 0. The van der Waals surface area contributed by atoms with E-state index in [2.05, 4.69) is 0 Å². The van der Waals surface area contributed by atoms with Crippen molar-refractivity contribution in [3.05, 3.63) is 0 Å². The van der Waals surface area contributed by atoms with Gasteiger partial charge in [-0.3, -0.25) is 0 Å². The normalized spacial score (nSPS) is 56.2. The van der Waals surface area contributed by atoms with Gasteiger partial charge in [0, 0.05) is 6.61 Å². The molecule has 68 valence electrons. The van der Waals surface area contributed by atoms with Crippen molar-refractivity contribution >= 4 is 0 Å². The van der Waals surface area contributed by atoms with Gasteiger partial charge in [0.1, 0.15) is 0 Å². The average molecular weight is 166 g/mol. The van der Waals surface area contributed by atoms with Gasteiger partial charge >= 0.3 is 0 Å². The monoisotopic (exact) mass is 166 g/mol. The van der Waals surface area contributed by atoms with Crippen molar-refractivity contribution in [1.82, 2.24) is 0 Å². The van der Waals surface area contributed by atoms with Gasteiger partial charge in [-0.25, -0.2) is 0 Å². The summed E-state index contributed by atoms with van der Waals surface area (Å²) in [6, 6.07) is 0. The molecular formula is C11H18O. The van der Waals surface area contributed by atoms with Crippen molar-refractivity contribution in [2.45, 2.75) is 32.1 Å². The van der Waals surface area contributed by atoms with E-state index in [1.54, 1.807) is 0 Å². The van der Waals surface area contributed by atoms with Crippen molar-refractivity contribution in [3.8, 4) is 0 Å². The molecule has 0 amide bonds. The highest BCUT2D eigenvalue weighted by Crippen LogP contribution is 2.60. The zero-order valence-electron chi connectivity index (χ0n) is 7.58. The Hall–Kier alpha value is -0.0400. The highest BCUT2D eigenvalue weighted by molar-refractivity contribution is 5.02. The van der Waals surface area contributed by atoms with Crippen LogP contribution < -0.4 is 0 Å². The van der Waals surface area contributed by atoms with Crippen molar-refractivity contribution in [3.63, 3.8) is 0 Å². The molecule has 0 aliphatic heterocycles. The van der Waals surface area contributed by atoms with E-state index in [-0.39, 0.29) is 0 Å². The lowest BCUT2D eigenvalue weighted by atomic mass is 9.76. The Balaban J connectivity index is 1.83. The molecule has 1 N–H and O–H groups in total. The zero-order valence-corrected chi connectivity index (χ0v) is 7.58. The van der Waals surface area contributed by atoms with E-state index in [0.29, 0.717) is 12.5 Å². The second kappa shape index (κ2) is 2.47. The molecule has 3 fully saturated rings. The first-order valence-electron chi connectivity index (χ1n) is 5.51. The van der Waals surface area contributed by atoms with Crippen molar-refractivity contribution < 1.29 is 5.11 Å². The number of aliphatic hydroxyl groups is 1. The summed E-state index contributed by atoms with van der Waals surface area (Å²) in [6.07, 6.45) is 7.26. The Kier molecular flexibility index (Phi) is 1.52. The van der Waals surface area contributed by atoms with E-state index in [0.717, 1.165) is 23.7 Å². The van der Waals surface area contributed by atoms with E-state index in [1.807, 2.05) is 0 Å². The molecule has 2 bridgehead atoms. The molecule has 12 heavy (non-hydrogen) atoms. The van der Waals surface area contributed by atoms with Crippen LogP contribution in [0.1, 0.15) is 32.1 Å². The Morgan fingerprint density at radius 3 is 2.67 bits per heavy atom. The second-order valence-corrected chi connectivity index (χ2v) is 5.10. The minimum atomic E-state index is 0.463. The maximum Gasteiger partial charge on any atom is 0.0462 e. The van der Waals surface area contributed by atoms with Gasteiger partial charge in [-0.1, -0.05) is 6.42 Å². The van der Waals surface area contributed by atoms with Crippen molar-refractivity contribution in [2.24, 2.45) is 29.6 Å². The van der Waals surface area contributed by atoms with Crippen LogP contribution in [0.3, 0.4) is 0 Å². The molecule has 3 saturated carbocycles. The molecule has 3 rings (SSSR count). The molecule has 0 aromatic carbocycles. The van der Waals surface area contributed by atoms with E-state index < -0.39 is 0 Å². The minimum absolute atomic E-state index is 0.463. The molecule has 0 heterocycles. The van der Waals surface area contributed by atoms with Gasteiger partial charge in [0.05, 0.1) is 0 Å². The number of hydrogen-bond acceptors (Lipinski definition) is 1. The number of hydrogen-bond donors (Lipinski definition) is 1. The molecule has 1 nitrogen and oxygen atoms in total. The van der Waals surface area contributed by atoms with E-state index in [9.17, 15) is 5.11 Å². The minimum Gasteiger partial charge on any atom is -0.396 e. The Labute approximate surface area is 74.2 Å². The first-order chi connectivity index (χ1) is 5.90. The quantitative estimate of drug-likeness (QED) is 0.632. The zero-order chi connectivity index (χ0) is 8.13. The van der Waals surface area contributed by atoms with Crippen LogP contribution in [0.5, 0.6) is 0 Å². The van der Waals surface area contributed by atoms with Gasteiger partial charge in [-0.05, 0) is 55.3 Å². The molecule has 3 aliphatic rings. The molecule has 0 aromatic rings. The number of fused-ring (bicyclic) bond motifs is 5. The van der Waals surface area contributed by atoms with Crippen LogP contribution in [0.2, 0.25) is 0 Å². The molecule has 0 saturated heterocycles. The number of rotatable bonds is 1. The lowest BCUT2D eigenvalue weighted by Gasteiger charge is -2.30. The SMILES string of the molecule is OC[C@@H]1C[C@H]2C[C@H]1C1CCC[C@H]12. The summed E-state index contributed by atoms with van der Waals surface area (Å²) in [6.45, 7) is 0.463. The maximum absolute atomic E-state index is 9.21. The summed E-state index contributed by atoms with van der Waals surface area (Å²) < 4.78 is 0. The summed E-state index contributed by atoms with van der Waals surface area (Å²) in [5, 5.41) is 9.21. The first kappa shape index (κ1) is 7.37. The third-order valence-electron chi connectivity index (χ3n) is 4.80. The van der Waals surface area contributed by atoms with Crippen LogP contribution in [-0.2, 0) is 0 Å². The molecule has 3 aliphatic carbocycles. The fraction of sp³-hybridized carbons (Fsp3) is 1.00. The van der Waals surface area contributed by atoms with Crippen LogP contribution in [0.15, 0.2) is 0 Å².